The van der Waals surface area contributed by atoms with E-state index >= 15 is 0 Å². The molecule has 176 valence electrons. The molecule has 0 fully saturated rings. The molecule has 0 amide bonds. The summed E-state index contributed by atoms with van der Waals surface area (Å²) in [6.45, 7) is 0.786. The smallest absolute Gasteiger partial charge is 0.250 e. The van der Waals surface area contributed by atoms with Crippen LogP contribution in [0.4, 0.5) is 5.82 Å². The topological polar surface area (TPSA) is 88.4 Å². The Labute approximate surface area is 213 Å². The Morgan fingerprint density at radius 1 is 1.00 bits per heavy atom. The Morgan fingerprint density at radius 2 is 1.74 bits per heavy atom. The van der Waals surface area contributed by atoms with Crippen molar-refractivity contribution in [3.8, 4) is 11.3 Å². The van der Waals surface area contributed by atoms with E-state index in [-0.39, 0.29) is 6.54 Å². The number of nitrogens with zero attached hydrogens (tertiary/aromatic N) is 3. The lowest BCUT2D eigenvalue weighted by atomic mass is 10.0. The van der Waals surface area contributed by atoms with Gasteiger partial charge in [-0.05, 0) is 34.1 Å². The van der Waals surface area contributed by atoms with Gasteiger partial charge in [-0.15, -0.1) is 11.3 Å². The maximum atomic E-state index is 12.3. The summed E-state index contributed by atoms with van der Waals surface area (Å²) >= 11 is 7.62. The second-order valence-electron chi connectivity index (χ2n) is 8.00. The fourth-order valence-electron chi connectivity index (χ4n) is 3.64. The molecule has 0 radical (unpaired) electrons. The molecular weight excluding hydrogens is 501 g/mol. The Bertz CT molecular complexity index is 1590. The molecule has 0 aliphatic heterocycles. The van der Waals surface area contributed by atoms with Gasteiger partial charge >= 0.3 is 0 Å². The number of aromatic nitrogens is 3. The van der Waals surface area contributed by atoms with Gasteiger partial charge in [0.25, 0.3) is 0 Å². The van der Waals surface area contributed by atoms with E-state index in [9.17, 15) is 8.42 Å². The van der Waals surface area contributed by atoms with Gasteiger partial charge < -0.3 is 5.32 Å². The minimum atomic E-state index is -3.49. The highest BCUT2D eigenvalue weighted by atomic mass is 35.5. The maximum absolute atomic E-state index is 12.3. The summed E-state index contributed by atoms with van der Waals surface area (Å²) in [6.07, 6.45) is 1.79. The summed E-state index contributed by atoms with van der Waals surface area (Å²) in [5.41, 5.74) is 5.28. The largest absolute Gasteiger partial charge is 0.366 e. The first kappa shape index (κ1) is 23.6. The molecule has 5 aromatic rings. The molecule has 2 aromatic carbocycles. The maximum Gasteiger partial charge on any atom is 0.250 e. The van der Waals surface area contributed by atoms with E-state index in [1.165, 1.54) is 11.3 Å². The molecule has 3 heterocycles. The van der Waals surface area contributed by atoms with E-state index in [4.69, 9.17) is 16.6 Å². The van der Waals surface area contributed by atoms with Crippen molar-refractivity contribution >= 4 is 57.7 Å². The van der Waals surface area contributed by atoms with Crippen LogP contribution in [0.15, 0.2) is 82.5 Å². The van der Waals surface area contributed by atoms with Gasteiger partial charge in [0.15, 0.2) is 5.65 Å². The van der Waals surface area contributed by atoms with Crippen molar-refractivity contribution in [1.82, 2.24) is 19.3 Å². The third-order valence-electron chi connectivity index (χ3n) is 5.52. The van der Waals surface area contributed by atoms with Crippen LogP contribution < -0.4 is 15.5 Å². The second kappa shape index (κ2) is 9.83. The van der Waals surface area contributed by atoms with Crippen molar-refractivity contribution in [1.29, 1.82) is 0 Å². The summed E-state index contributed by atoms with van der Waals surface area (Å²) in [7, 11) is -1.52. The quantitative estimate of drug-likeness (QED) is 0.305. The number of fused-ring (bicyclic) bond motifs is 1. The van der Waals surface area contributed by atoms with Gasteiger partial charge in [0.05, 0.1) is 5.69 Å². The molecule has 0 atom stereocenters. The molecule has 0 aliphatic rings. The Morgan fingerprint density at radius 3 is 2.46 bits per heavy atom. The van der Waals surface area contributed by atoms with Crippen LogP contribution in [0.3, 0.4) is 0 Å². The van der Waals surface area contributed by atoms with E-state index in [1.54, 1.807) is 28.2 Å². The zero-order valence-corrected chi connectivity index (χ0v) is 21.2. The van der Waals surface area contributed by atoms with Crippen LogP contribution >= 0.6 is 22.9 Å². The van der Waals surface area contributed by atoms with Crippen molar-refractivity contribution in [3.63, 3.8) is 0 Å². The molecule has 0 unspecified atom stereocenters. The van der Waals surface area contributed by atoms with Gasteiger partial charge in [-0.1, -0.05) is 60.1 Å². The number of thiophene rings is 1. The van der Waals surface area contributed by atoms with Gasteiger partial charge in [0.1, 0.15) is 17.9 Å². The summed E-state index contributed by atoms with van der Waals surface area (Å²) in [6, 6.07) is 20.7. The number of hydrogen-bond donors (Lipinski definition) is 2. The normalized spacial score (nSPS) is 11.7. The van der Waals surface area contributed by atoms with Crippen LogP contribution in [-0.2, 0) is 23.1 Å². The molecule has 0 saturated carbocycles. The number of rotatable bonds is 8. The van der Waals surface area contributed by atoms with E-state index in [1.807, 2.05) is 62.4 Å². The van der Waals surface area contributed by atoms with E-state index in [0.717, 1.165) is 39.3 Å². The summed E-state index contributed by atoms with van der Waals surface area (Å²) in [5, 5.41) is 10.3. The van der Waals surface area contributed by atoms with Crippen LogP contribution in [-0.4, -0.2) is 30.9 Å². The minimum absolute atomic E-state index is 0.229. The van der Waals surface area contributed by atoms with Crippen LogP contribution in [0.1, 0.15) is 11.1 Å². The van der Waals surface area contributed by atoms with Crippen molar-refractivity contribution < 1.29 is 8.42 Å². The number of hydrogen-bond acceptors (Lipinski definition) is 6. The van der Waals surface area contributed by atoms with Crippen LogP contribution in [0, 0.1) is 0 Å². The predicted octanol–water partition coefficient (Wildman–Crippen LogP) is 3.46. The molecule has 0 spiro atoms. The Balaban J connectivity index is 1.32. The molecule has 2 N–H and O–H groups in total. The van der Waals surface area contributed by atoms with Gasteiger partial charge in [0, 0.05) is 35.9 Å². The lowest BCUT2D eigenvalue weighted by molar-refractivity contribution is 0.583. The first-order valence-corrected chi connectivity index (χ1v) is 13.6. The van der Waals surface area contributed by atoms with E-state index < -0.39 is 10.0 Å². The average Bonchev–Trinajstić information content (AvgIpc) is 3.54. The molecule has 7 nitrogen and oxygen atoms in total. The monoisotopic (exact) mass is 521 g/mol. The molecule has 5 rings (SSSR count). The highest BCUT2D eigenvalue weighted by Crippen LogP contribution is 2.28. The first-order valence-electron chi connectivity index (χ1n) is 10.9. The number of halogens is 1. The first-order chi connectivity index (χ1) is 16.9. The van der Waals surface area contributed by atoms with E-state index in [0.29, 0.717) is 15.8 Å². The summed E-state index contributed by atoms with van der Waals surface area (Å²) in [5.74, 6) is 0.797. The third-order valence-corrected chi connectivity index (χ3v) is 8.65. The second-order valence-corrected chi connectivity index (χ2v) is 11.3. The molecule has 0 bridgehead atoms. The van der Waals surface area contributed by atoms with Gasteiger partial charge in [-0.2, -0.15) is 9.61 Å². The third kappa shape index (κ3) is 5.11. The lowest BCUT2D eigenvalue weighted by Crippen LogP contribution is -2.22. The van der Waals surface area contributed by atoms with Crippen molar-refractivity contribution in [3.05, 3.63) is 94.5 Å². The zero-order chi connectivity index (χ0) is 24.4. The standard InChI is InChI=1S/C24H21BClN5O2S2/c25-19-15-28-31-22(12-21(30-24(19)31)18-4-1-2-5-20(18)26)27-13-16-7-9-17(10-8-16)14-29-35(32,33)23-6-3-11-34-23/h1-12,15,27,29H,13-14,25H2. The molecule has 35 heavy (non-hydrogen) atoms. The highest BCUT2D eigenvalue weighted by molar-refractivity contribution is 7.91. The summed E-state index contributed by atoms with van der Waals surface area (Å²) in [4.78, 5) is 4.77. The highest BCUT2D eigenvalue weighted by Gasteiger charge is 2.15. The fraction of sp³-hybridized carbons (Fsp3) is 0.0833. The molecule has 0 aliphatic carbocycles. The zero-order valence-electron chi connectivity index (χ0n) is 18.8. The molecule has 3 aromatic heterocycles. The van der Waals surface area contributed by atoms with Crippen LogP contribution in [0.5, 0.6) is 0 Å². The number of sulfonamides is 1. The Kier molecular flexibility index (Phi) is 6.61. The molecular formula is C24H21BClN5O2S2. The SMILES string of the molecule is Bc1cnn2c(NCc3ccc(CNS(=O)(=O)c4cccs4)cc3)cc(-c3ccccc3Cl)nc12. The van der Waals surface area contributed by atoms with Gasteiger partial charge in [0.2, 0.25) is 10.0 Å². The average molecular weight is 522 g/mol. The number of benzene rings is 2. The van der Waals surface area contributed by atoms with Crippen molar-refractivity contribution in [2.45, 2.75) is 17.3 Å². The van der Waals surface area contributed by atoms with Gasteiger partial charge in [-0.3, -0.25) is 0 Å². The predicted molar refractivity (Wildman–Crippen MR) is 144 cm³/mol. The Hall–Kier alpha value is -3.18. The van der Waals surface area contributed by atoms with Gasteiger partial charge in [-0.25, -0.2) is 18.1 Å². The number of anilines is 1. The van der Waals surface area contributed by atoms with Crippen molar-refractivity contribution in [2.75, 3.05) is 5.32 Å². The molecule has 11 heteroatoms. The number of nitrogens with one attached hydrogen (secondary N) is 2. The van der Waals surface area contributed by atoms with E-state index in [2.05, 4.69) is 15.1 Å². The minimum Gasteiger partial charge on any atom is -0.366 e. The van der Waals surface area contributed by atoms with Crippen molar-refractivity contribution in [2.24, 2.45) is 0 Å². The fourth-order valence-corrected chi connectivity index (χ4v) is 5.93. The summed E-state index contributed by atoms with van der Waals surface area (Å²) < 4.78 is 29.4. The van der Waals surface area contributed by atoms with Crippen LogP contribution in [0.25, 0.3) is 16.9 Å². The lowest BCUT2D eigenvalue weighted by Gasteiger charge is -2.12. The molecule has 0 saturated heterocycles. The van der Waals surface area contributed by atoms with Crippen LogP contribution in [0.2, 0.25) is 5.02 Å².